The molecule has 118 valence electrons. The van der Waals surface area contributed by atoms with E-state index in [4.69, 9.17) is 15.3 Å². The first kappa shape index (κ1) is 18.9. The number of nitrogens with zero attached hydrogens (tertiary/aromatic N) is 1. The molecule has 0 bridgehead atoms. The van der Waals surface area contributed by atoms with E-state index in [1.165, 1.54) is 0 Å². The van der Waals surface area contributed by atoms with Crippen molar-refractivity contribution in [2.75, 3.05) is 39.5 Å². The molecule has 1 amide bonds. The Kier molecular flexibility index (Phi) is 12.2. The van der Waals surface area contributed by atoms with E-state index in [9.17, 15) is 4.79 Å². The molecule has 0 spiro atoms. The quantitative estimate of drug-likeness (QED) is 0.318. The number of rotatable bonds is 12. The standard InChI is InChI=1S/C14H29N3O3/c1-4-5-14(18)16-6-8-19-10-11-20-9-7-17(15)12-13(2)3/h12H,4-11,15H2,1-3H3,(H,16,18). The fourth-order valence-electron chi connectivity index (χ4n) is 1.47. The molecular weight excluding hydrogens is 258 g/mol. The molecule has 0 aromatic heterocycles. The molecule has 0 rings (SSSR count). The van der Waals surface area contributed by atoms with Crippen LogP contribution in [0.2, 0.25) is 0 Å². The summed E-state index contributed by atoms with van der Waals surface area (Å²) in [5.74, 6) is 5.79. The van der Waals surface area contributed by atoms with Crippen LogP contribution in [-0.4, -0.2) is 50.4 Å². The Balaban J connectivity index is 3.25. The summed E-state index contributed by atoms with van der Waals surface area (Å²) in [6.07, 6.45) is 3.31. The van der Waals surface area contributed by atoms with Crippen LogP contribution in [0.4, 0.5) is 0 Å². The lowest BCUT2D eigenvalue weighted by molar-refractivity contribution is -0.121. The van der Waals surface area contributed by atoms with Crippen molar-refractivity contribution in [3.05, 3.63) is 11.8 Å². The van der Waals surface area contributed by atoms with Crippen LogP contribution in [0.25, 0.3) is 0 Å². The van der Waals surface area contributed by atoms with Crippen LogP contribution in [0.15, 0.2) is 11.8 Å². The minimum atomic E-state index is 0.0784. The summed E-state index contributed by atoms with van der Waals surface area (Å²) in [6, 6.07) is 0. The third-order valence-corrected chi connectivity index (χ3v) is 2.34. The Morgan fingerprint density at radius 1 is 1.20 bits per heavy atom. The largest absolute Gasteiger partial charge is 0.377 e. The second-order valence-electron chi connectivity index (χ2n) is 4.77. The molecule has 20 heavy (non-hydrogen) atoms. The maximum atomic E-state index is 11.1. The summed E-state index contributed by atoms with van der Waals surface area (Å²) < 4.78 is 10.7. The normalized spacial score (nSPS) is 10.2. The number of hydrogen-bond donors (Lipinski definition) is 2. The SMILES string of the molecule is CCCC(=O)NCCOCCOCCN(N)C=C(C)C. The third kappa shape index (κ3) is 13.3. The second-order valence-corrected chi connectivity index (χ2v) is 4.77. The molecule has 0 saturated carbocycles. The smallest absolute Gasteiger partial charge is 0.220 e. The first-order chi connectivity index (χ1) is 9.56. The summed E-state index contributed by atoms with van der Waals surface area (Å²) in [5.41, 5.74) is 1.15. The fraction of sp³-hybridized carbons (Fsp3) is 0.786. The van der Waals surface area contributed by atoms with Gasteiger partial charge in [0.2, 0.25) is 5.91 Å². The van der Waals surface area contributed by atoms with E-state index >= 15 is 0 Å². The highest BCUT2D eigenvalue weighted by Gasteiger charge is 1.97. The van der Waals surface area contributed by atoms with Crippen molar-refractivity contribution in [3.8, 4) is 0 Å². The lowest BCUT2D eigenvalue weighted by Gasteiger charge is -2.14. The van der Waals surface area contributed by atoms with Gasteiger partial charge in [0.15, 0.2) is 0 Å². The van der Waals surface area contributed by atoms with Crippen LogP contribution in [0.3, 0.4) is 0 Å². The number of hydrazine groups is 1. The summed E-state index contributed by atoms with van der Waals surface area (Å²) in [7, 11) is 0. The first-order valence-electron chi connectivity index (χ1n) is 7.14. The molecule has 0 aromatic rings. The van der Waals surface area contributed by atoms with Crippen molar-refractivity contribution >= 4 is 5.91 Å². The van der Waals surface area contributed by atoms with E-state index in [2.05, 4.69) is 5.32 Å². The van der Waals surface area contributed by atoms with Crippen molar-refractivity contribution in [3.63, 3.8) is 0 Å². The zero-order valence-electron chi connectivity index (χ0n) is 13.0. The summed E-state index contributed by atoms with van der Waals surface area (Å²) in [4.78, 5) is 11.1. The number of carbonyl (C=O) groups is 1. The number of carbonyl (C=O) groups excluding carboxylic acids is 1. The molecule has 0 aliphatic heterocycles. The zero-order chi connectivity index (χ0) is 15.2. The van der Waals surface area contributed by atoms with Crippen LogP contribution < -0.4 is 11.2 Å². The maximum absolute atomic E-state index is 11.1. The Morgan fingerprint density at radius 3 is 2.45 bits per heavy atom. The van der Waals surface area contributed by atoms with Crippen molar-refractivity contribution in [2.45, 2.75) is 33.6 Å². The molecule has 0 heterocycles. The summed E-state index contributed by atoms with van der Waals surface area (Å²) >= 11 is 0. The van der Waals surface area contributed by atoms with Crippen LogP contribution in [0.5, 0.6) is 0 Å². The number of ether oxygens (including phenoxy) is 2. The highest BCUT2D eigenvalue weighted by molar-refractivity contribution is 5.75. The van der Waals surface area contributed by atoms with Gasteiger partial charge in [-0.15, -0.1) is 0 Å². The molecule has 0 fully saturated rings. The van der Waals surface area contributed by atoms with E-state index in [1.807, 2.05) is 27.0 Å². The van der Waals surface area contributed by atoms with Gasteiger partial charge in [0.25, 0.3) is 0 Å². The Bertz CT molecular complexity index is 279. The summed E-state index contributed by atoms with van der Waals surface area (Å²) in [5, 5.41) is 4.39. The van der Waals surface area contributed by atoms with E-state index in [-0.39, 0.29) is 5.91 Å². The van der Waals surface area contributed by atoms with Crippen molar-refractivity contribution in [1.29, 1.82) is 0 Å². The van der Waals surface area contributed by atoms with Crippen molar-refractivity contribution in [1.82, 2.24) is 10.3 Å². The Hall–Kier alpha value is -1.11. The zero-order valence-corrected chi connectivity index (χ0v) is 13.0. The number of hydrogen-bond acceptors (Lipinski definition) is 5. The van der Waals surface area contributed by atoms with Gasteiger partial charge in [-0.2, -0.15) is 0 Å². The monoisotopic (exact) mass is 287 g/mol. The minimum Gasteiger partial charge on any atom is -0.377 e. The minimum absolute atomic E-state index is 0.0784. The van der Waals surface area contributed by atoms with Crippen LogP contribution in [0.1, 0.15) is 33.6 Å². The Labute approximate surface area is 122 Å². The molecule has 0 aliphatic carbocycles. The van der Waals surface area contributed by atoms with Gasteiger partial charge in [0.1, 0.15) is 0 Å². The molecule has 0 aromatic carbocycles. The van der Waals surface area contributed by atoms with E-state index < -0.39 is 0 Å². The number of nitrogens with one attached hydrogen (secondary N) is 1. The van der Waals surface area contributed by atoms with Gasteiger partial charge >= 0.3 is 0 Å². The number of allylic oxidation sites excluding steroid dienone is 1. The predicted molar refractivity (Wildman–Crippen MR) is 79.9 cm³/mol. The number of amides is 1. The highest BCUT2D eigenvalue weighted by atomic mass is 16.5. The topological polar surface area (TPSA) is 76.8 Å². The van der Waals surface area contributed by atoms with Gasteiger partial charge in [0.05, 0.1) is 33.0 Å². The van der Waals surface area contributed by atoms with Gasteiger partial charge < -0.3 is 19.8 Å². The van der Waals surface area contributed by atoms with Gasteiger partial charge in [-0.1, -0.05) is 12.5 Å². The second kappa shape index (κ2) is 12.9. The third-order valence-electron chi connectivity index (χ3n) is 2.34. The first-order valence-corrected chi connectivity index (χ1v) is 7.14. The summed E-state index contributed by atoms with van der Waals surface area (Å²) in [6.45, 7) is 9.31. The molecule has 0 aliphatic rings. The maximum Gasteiger partial charge on any atom is 0.220 e. The van der Waals surface area contributed by atoms with E-state index in [0.29, 0.717) is 45.9 Å². The molecule has 3 N–H and O–H groups in total. The lowest BCUT2D eigenvalue weighted by atomic mass is 10.3. The highest BCUT2D eigenvalue weighted by Crippen LogP contribution is 1.90. The molecule has 0 atom stereocenters. The molecule has 6 nitrogen and oxygen atoms in total. The molecule has 0 radical (unpaired) electrons. The number of nitrogens with two attached hydrogens (primary N) is 1. The average Bonchev–Trinajstić information content (AvgIpc) is 2.36. The molecule has 6 heteroatoms. The molecular formula is C14H29N3O3. The van der Waals surface area contributed by atoms with Gasteiger partial charge in [-0.25, -0.2) is 5.84 Å². The molecule has 0 saturated heterocycles. The van der Waals surface area contributed by atoms with Crippen molar-refractivity contribution < 1.29 is 14.3 Å². The van der Waals surface area contributed by atoms with Crippen LogP contribution in [-0.2, 0) is 14.3 Å². The lowest BCUT2D eigenvalue weighted by Crippen LogP contribution is -2.29. The van der Waals surface area contributed by atoms with Gasteiger partial charge in [-0.05, 0) is 20.3 Å². The van der Waals surface area contributed by atoms with Crippen LogP contribution in [0, 0.1) is 0 Å². The van der Waals surface area contributed by atoms with Gasteiger partial charge in [-0.3, -0.25) is 4.79 Å². The molecule has 0 unspecified atom stereocenters. The Morgan fingerprint density at radius 2 is 1.85 bits per heavy atom. The van der Waals surface area contributed by atoms with E-state index in [1.54, 1.807) is 5.01 Å². The van der Waals surface area contributed by atoms with Crippen molar-refractivity contribution in [2.24, 2.45) is 5.84 Å². The van der Waals surface area contributed by atoms with Crippen LogP contribution >= 0.6 is 0 Å². The predicted octanol–water partition coefficient (Wildman–Crippen LogP) is 1.04. The van der Waals surface area contributed by atoms with E-state index in [0.717, 1.165) is 12.0 Å². The average molecular weight is 287 g/mol. The fourth-order valence-corrected chi connectivity index (χ4v) is 1.47. The van der Waals surface area contributed by atoms with Gasteiger partial charge in [0, 0.05) is 19.2 Å².